The van der Waals surface area contributed by atoms with Gasteiger partial charge in [-0.1, -0.05) is 11.6 Å². The number of hydrogen-bond donors (Lipinski definition) is 0. The molecular formula is C7H3ClI2N2S. The van der Waals surface area contributed by atoms with Gasteiger partial charge in [0.25, 0.3) is 0 Å². The lowest BCUT2D eigenvalue weighted by Gasteiger charge is -1.98. The van der Waals surface area contributed by atoms with E-state index in [0.29, 0.717) is 5.15 Å². The fourth-order valence-corrected chi connectivity index (χ4v) is 3.66. The summed E-state index contributed by atoms with van der Waals surface area (Å²) < 4.78 is 3.22. The maximum atomic E-state index is 6.00. The molecule has 0 fully saturated rings. The van der Waals surface area contributed by atoms with Crippen LogP contribution < -0.4 is 0 Å². The van der Waals surface area contributed by atoms with Crippen LogP contribution in [0.15, 0.2) is 18.5 Å². The second-order valence-electron chi connectivity index (χ2n) is 2.37. The van der Waals surface area contributed by atoms with Crippen LogP contribution in [-0.2, 0) is 0 Å². The average Bonchev–Trinajstić information content (AvgIpc) is 2.45. The average molecular weight is 436 g/mol. The fourth-order valence-electron chi connectivity index (χ4n) is 1.12. The summed E-state index contributed by atoms with van der Waals surface area (Å²) in [5, 5.41) is 1.72. The quantitative estimate of drug-likeness (QED) is 0.494. The molecule has 2 aromatic heterocycles. The normalized spacial score (nSPS) is 11.0. The molecule has 0 saturated carbocycles. The minimum atomic E-state index is 0.560. The number of halogens is 3. The van der Waals surface area contributed by atoms with Crippen LogP contribution in [0, 0.1) is 3.57 Å². The van der Waals surface area contributed by atoms with E-state index in [1.54, 1.807) is 15.3 Å². The van der Waals surface area contributed by atoms with Crippen LogP contribution >= 0.6 is 64.5 Å². The highest BCUT2D eigenvalue weighted by Gasteiger charge is 2.09. The van der Waals surface area contributed by atoms with E-state index in [0.717, 1.165) is 10.9 Å². The first-order valence-electron chi connectivity index (χ1n) is 3.34. The fraction of sp³-hybridized carbons (Fsp3) is 0. The molecule has 0 bridgehead atoms. The molecule has 0 aliphatic carbocycles. The highest BCUT2D eigenvalue weighted by atomic mass is 127. The number of fused-ring (bicyclic) bond motifs is 1. The van der Waals surface area contributed by atoms with E-state index in [-0.39, 0.29) is 0 Å². The molecule has 2 rings (SSSR count). The highest BCUT2D eigenvalue weighted by molar-refractivity contribution is 14.2. The molecule has 2 nitrogen and oxygen atoms in total. The Balaban J connectivity index is 2.89. The minimum Gasteiger partial charge on any atom is -0.278 e. The Kier molecular flexibility index (Phi) is 3.26. The van der Waals surface area contributed by atoms with Crippen molar-refractivity contribution < 1.29 is 0 Å². The van der Waals surface area contributed by atoms with Crippen LogP contribution in [0.3, 0.4) is 0 Å². The van der Waals surface area contributed by atoms with Gasteiger partial charge >= 0.3 is 0 Å². The van der Waals surface area contributed by atoms with Crippen LogP contribution in [0.4, 0.5) is 0 Å². The minimum absolute atomic E-state index is 0.560. The van der Waals surface area contributed by atoms with E-state index in [4.69, 9.17) is 11.6 Å². The number of rotatable bonds is 1. The van der Waals surface area contributed by atoms with Gasteiger partial charge in [-0.25, -0.2) is 4.98 Å². The van der Waals surface area contributed by atoms with Gasteiger partial charge in [0.1, 0.15) is 0 Å². The summed E-state index contributed by atoms with van der Waals surface area (Å²) in [5.74, 6) is 0. The van der Waals surface area contributed by atoms with Gasteiger partial charge in [0.15, 0.2) is 5.15 Å². The SMILES string of the molecule is Clc1nccc2c(I)cn(SI)c12. The lowest BCUT2D eigenvalue weighted by molar-refractivity contribution is 1.30. The van der Waals surface area contributed by atoms with Gasteiger partial charge in [0.05, 0.1) is 5.52 Å². The summed E-state index contributed by atoms with van der Waals surface area (Å²) >= 11 is 10.5. The zero-order valence-electron chi connectivity index (χ0n) is 6.17. The van der Waals surface area contributed by atoms with Crippen molar-refractivity contribution >= 4 is 75.4 Å². The van der Waals surface area contributed by atoms with E-state index >= 15 is 0 Å². The van der Waals surface area contributed by atoms with Crippen molar-refractivity contribution in [1.82, 2.24) is 8.96 Å². The highest BCUT2D eigenvalue weighted by Crippen LogP contribution is 2.32. The Labute approximate surface area is 110 Å². The Hall–Kier alpha value is 0.790. The first kappa shape index (κ1) is 10.3. The molecule has 0 radical (unpaired) electrons. The van der Waals surface area contributed by atoms with Crippen LogP contribution in [-0.4, -0.2) is 8.96 Å². The van der Waals surface area contributed by atoms with Crippen molar-refractivity contribution in [3.63, 3.8) is 0 Å². The molecule has 0 atom stereocenters. The third-order valence-corrected chi connectivity index (χ3v) is 4.51. The summed E-state index contributed by atoms with van der Waals surface area (Å²) in [6.45, 7) is 0. The van der Waals surface area contributed by atoms with E-state index in [2.05, 4.69) is 55.0 Å². The smallest absolute Gasteiger partial charge is 0.154 e. The predicted octanol–water partition coefficient (Wildman–Crippen LogP) is 4.14. The van der Waals surface area contributed by atoms with Crippen molar-refractivity contribution in [1.29, 1.82) is 0 Å². The largest absolute Gasteiger partial charge is 0.278 e. The Bertz CT molecular complexity index is 457. The molecule has 0 N–H and O–H groups in total. The third kappa shape index (κ3) is 1.80. The lowest BCUT2D eigenvalue weighted by Crippen LogP contribution is -1.82. The van der Waals surface area contributed by atoms with Crippen LogP contribution in [0.5, 0.6) is 0 Å². The first-order chi connectivity index (χ1) is 6.24. The van der Waals surface area contributed by atoms with Crippen LogP contribution in [0.1, 0.15) is 0 Å². The molecule has 6 heteroatoms. The van der Waals surface area contributed by atoms with E-state index in [1.165, 1.54) is 3.57 Å². The van der Waals surface area contributed by atoms with Crippen molar-refractivity contribution in [3.05, 3.63) is 27.2 Å². The lowest BCUT2D eigenvalue weighted by atomic mass is 10.3. The number of hydrogen-bond acceptors (Lipinski definition) is 2. The monoisotopic (exact) mass is 436 g/mol. The summed E-state index contributed by atoms with van der Waals surface area (Å²) in [6, 6.07) is 1.98. The van der Waals surface area contributed by atoms with Crippen molar-refractivity contribution in [2.45, 2.75) is 0 Å². The molecule has 0 spiro atoms. The van der Waals surface area contributed by atoms with E-state index in [9.17, 15) is 0 Å². The van der Waals surface area contributed by atoms with Gasteiger partial charge in [0, 0.05) is 51.7 Å². The molecule has 68 valence electrons. The first-order valence-corrected chi connectivity index (χ1v) is 8.11. The van der Waals surface area contributed by atoms with Gasteiger partial charge in [0.2, 0.25) is 0 Å². The zero-order chi connectivity index (χ0) is 9.42. The molecule has 2 heterocycles. The molecule has 13 heavy (non-hydrogen) atoms. The van der Waals surface area contributed by atoms with Gasteiger partial charge in [-0.2, -0.15) is 0 Å². The van der Waals surface area contributed by atoms with Gasteiger partial charge in [-0.15, -0.1) is 0 Å². The van der Waals surface area contributed by atoms with E-state index < -0.39 is 0 Å². The number of nitrogens with zero attached hydrogens (tertiary/aromatic N) is 2. The summed E-state index contributed by atoms with van der Waals surface area (Å²) in [4.78, 5) is 4.05. The Morgan fingerprint density at radius 1 is 1.54 bits per heavy atom. The molecule has 0 unspecified atom stereocenters. The van der Waals surface area contributed by atoms with Gasteiger partial charge < -0.3 is 0 Å². The van der Waals surface area contributed by atoms with Crippen molar-refractivity contribution in [3.8, 4) is 0 Å². The summed E-state index contributed by atoms with van der Waals surface area (Å²) in [5.41, 5.74) is 0.993. The molecule has 0 aliphatic rings. The molecule has 0 amide bonds. The topological polar surface area (TPSA) is 17.8 Å². The predicted molar refractivity (Wildman–Crippen MR) is 74.5 cm³/mol. The standard InChI is InChI=1S/C7H3ClI2N2S/c8-7-6-4(1-2-11-7)5(9)3-12(6)13-10/h1-3H. The Morgan fingerprint density at radius 2 is 2.31 bits per heavy atom. The maximum absolute atomic E-state index is 6.00. The second kappa shape index (κ2) is 4.11. The van der Waals surface area contributed by atoms with Gasteiger partial charge in [-0.3, -0.25) is 3.97 Å². The third-order valence-electron chi connectivity index (χ3n) is 1.66. The molecule has 0 saturated heterocycles. The molecule has 0 aliphatic heterocycles. The second-order valence-corrected chi connectivity index (χ2v) is 5.60. The molecule has 0 aromatic carbocycles. The zero-order valence-corrected chi connectivity index (χ0v) is 12.1. The van der Waals surface area contributed by atoms with Gasteiger partial charge in [-0.05, 0) is 28.7 Å². The van der Waals surface area contributed by atoms with Crippen LogP contribution in [0.25, 0.3) is 10.9 Å². The number of pyridine rings is 1. The maximum Gasteiger partial charge on any atom is 0.154 e. The number of aromatic nitrogens is 2. The van der Waals surface area contributed by atoms with Crippen molar-refractivity contribution in [2.75, 3.05) is 0 Å². The van der Waals surface area contributed by atoms with E-state index in [1.807, 2.05) is 10.0 Å². The summed E-state index contributed by atoms with van der Waals surface area (Å²) in [7, 11) is 1.59. The molecular weight excluding hydrogens is 433 g/mol. The molecule has 2 aromatic rings. The van der Waals surface area contributed by atoms with Crippen molar-refractivity contribution in [2.24, 2.45) is 0 Å². The summed E-state index contributed by atoms with van der Waals surface area (Å²) in [6.07, 6.45) is 3.78. The Morgan fingerprint density at radius 3 is 3.00 bits per heavy atom. The van der Waals surface area contributed by atoms with Crippen LogP contribution in [0.2, 0.25) is 5.15 Å².